The lowest BCUT2D eigenvalue weighted by atomic mass is 10.1. The zero-order valence-electron chi connectivity index (χ0n) is 37.2. The minimum Gasteiger partial charge on any atom is -0.463 e. The summed E-state index contributed by atoms with van der Waals surface area (Å²) in [6.45, 7) is 3.52. The number of phosphoric acid groups is 1. The number of rotatable bonds is 44. The molecule has 338 valence electrons. The van der Waals surface area contributed by atoms with Crippen LogP contribution in [0.1, 0.15) is 213 Å². The van der Waals surface area contributed by atoms with Crippen LogP contribution in [0.15, 0.2) is 48.6 Å². The zero-order valence-corrected chi connectivity index (χ0v) is 38.1. The van der Waals surface area contributed by atoms with Crippen molar-refractivity contribution in [2.45, 2.75) is 219 Å². The minimum atomic E-state index is -4.42. The Hall–Kier alpha value is -2.03. The maximum Gasteiger partial charge on any atom is 0.472 e. The average Bonchev–Trinajstić information content (AvgIpc) is 3.21. The van der Waals surface area contributed by atoms with Crippen LogP contribution < -0.4 is 5.32 Å². The van der Waals surface area contributed by atoms with Gasteiger partial charge >= 0.3 is 13.8 Å². The van der Waals surface area contributed by atoms with Crippen LogP contribution in [0.2, 0.25) is 0 Å². The summed E-state index contributed by atoms with van der Waals surface area (Å²) in [5, 5.41) is 12.7. The predicted octanol–water partition coefficient (Wildman–Crippen LogP) is 13.5. The van der Waals surface area contributed by atoms with Gasteiger partial charge in [0, 0.05) is 19.4 Å². The third-order valence-electron chi connectivity index (χ3n) is 9.98. The standard InChI is InChI=1S/C48H88NO8P/c1-3-5-7-9-11-13-15-17-19-21-23-25-27-29-31-33-35-37-39-41-48(52)55-44-46(50)45-57-58(53,54)56-43-42-49-47(51)40-38-36-34-32-30-28-26-24-22-20-18-16-14-12-10-8-6-4-2/h11,13,17,19-20,22-23,25,46,50H,3-10,12,14-16,18,21,24,26-45H2,1-2H3,(H,49,51)(H,53,54)/b13-11-,19-17-,22-20-,25-23-. The fourth-order valence-corrected chi connectivity index (χ4v) is 7.14. The Labute approximate surface area is 355 Å². The van der Waals surface area contributed by atoms with E-state index in [9.17, 15) is 24.2 Å². The molecular weight excluding hydrogens is 750 g/mol. The monoisotopic (exact) mass is 838 g/mol. The van der Waals surface area contributed by atoms with E-state index in [-0.39, 0.29) is 32.1 Å². The van der Waals surface area contributed by atoms with Gasteiger partial charge in [-0.15, -0.1) is 0 Å². The molecule has 0 bridgehead atoms. The highest BCUT2D eigenvalue weighted by Crippen LogP contribution is 2.42. The molecule has 0 aromatic heterocycles. The number of phosphoric ester groups is 1. The van der Waals surface area contributed by atoms with E-state index < -0.39 is 26.5 Å². The highest BCUT2D eigenvalue weighted by atomic mass is 31.2. The van der Waals surface area contributed by atoms with Crippen LogP contribution in [0, 0.1) is 0 Å². The third-order valence-corrected chi connectivity index (χ3v) is 11.0. The van der Waals surface area contributed by atoms with E-state index in [2.05, 4.69) is 67.8 Å². The van der Waals surface area contributed by atoms with Crippen molar-refractivity contribution in [1.29, 1.82) is 0 Å². The van der Waals surface area contributed by atoms with Crippen LogP contribution >= 0.6 is 7.82 Å². The lowest BCUT2D eigenvalue weighted by Crippen LogP contribution is -2.27. The molecule has 0 saturated carbocycles. The fraction of sp³-hybridized carbons (Fsp3) is 0.792. The minimum absolute atomic E-state index is 0.0771. The molecule has 0 heterocycles. The Morgan fingerprint density at radius 2 is 0.931 bits per heavy atom. The van der Waals surface area contributed by atoms with Crippen molar-refractivity contribution in [3.05, 3.63) is 48.6 Å². The van der Waals surface area contributed by atoms with Crippen LogP contribution in [0.25, 0.3) is 0 Å². The molecule has 0 saturated heterocycles. The Kier molecular flexibility index (Phi) is 43.0. The second kappa shape index (κ2) is 44.5. The summed E-state index contributed by atoms with van der Waals surface area (Å²) in [7, 11) is -4.42. The maximum absolute atomic E-state index is 12.1. The molecule has 0 aromatic rings. The van der Waals surface area contributed by atoms with Gasteiger partial charge < -0.3 is 20.1 Å². The van der Waals surface area contributed by atoms with E-state index in [4.69, 9.17) is 13.8 Å². The largest absolute Gasteiger partial charge is 0.472 e. The van der Waals surface area contributed by atoms with Gasteiger partial charge in [-0.1, -0.05) is 172 Å². The highest BCUT2D eigenvalue weighted by Gasteiger charge is 2.23. The lowest BCUT2D eigenvalue weighted by molar-refractivity contribution is -0.147. The van der Waals surface area contributed by atoms with Crippen molar-refractivity contribution >= 4 is 19.7 Å². The molecule has 0 radical (unpaired) electrons. The second-order valence-corrected chi connectivity index (χ2v) is 17.2. The van der Waals surface area contributed by atoms with Crippen molar-refractivity contribution in [3.8, 4) is 0 Å². The molecule has 0 rings (SSSR count). The Morgan fingerprint density at radius 1 is 0.534 bits per heavy atom. The summed E-state index contributed by atoms with van der Waals surface area (Å²) in [5.74, 6) is -0.532. The topological polar surface area (TPSA) is 131 Å². The molecule has 0 aliphatic rings. The van der Waals surface area contributed by atoms with Crippen molar-refractivity contribution < 1.29 is 37.9 Å². The molecule has 58 heavy (non-hydrogen) atoms. The Bertz CT molecular complexity index is 1090. The molecule has 0 aliphatic heterocycles. The van der Waals surface area contributed by atoms with Gasteiger partial charge in [0.05, 0.1) is 13.2 Å². The number of esters is 1. The van der Waals surface area contributed by atoms with E-state index in [0.29, 0.717) is 6.42 Å². The second-order valence-electron chi connectivity index (χ2n) is 15.7. The number of hydrogen-bond acceptors (Lipinski definition) is 7. The number of carbonyl (C=O) groups is 2. The quantitative estimate of drug-likeness (QED) is 0.0239. The Morgan fingerprint density at radius 3 is 1.45 bits per heavy atom. The van der Waals surface area contributed by atoms with Crippen LogP contribution in [0.5, 0.6) is 0 Å². The predicted molar refractivity (Wildman–Crippen MR) is 243 cm³/mol. The van der Waals surface area contributed by atoms with Crippen molar-refractivity contribution in [3.63, 3.8) is 0 Å². The number of unbranched alkanes of at least 4 members (excludes halogenated alkanes) is 23. The van der Waals surface area contributed by atoms with Gasteiger partial charge in [-0.3, -0.25) is 18.6 Å². The molecule has 0 aromatic carbocycles. The number of hydrogen-bond donors (Lipinski definition) is 3. The highest BCUT2D eigenvalue weighted by molar-refractivity contribution is 7.47. The molecule has 0 spiro atoms. The van der Waals surface area contributed by atoms with Gasteiger partial charge in [0.2, 0.25) is 5.91 Å². The molecular formula is C48H88NO8P. The van der Waals surface area contributed by atoms with E-state index in [1.165, 1.54) is 122 Å². The van der Waals surface area contributed by atoms with Crippen LogP contribution in [-0.2, 0) is 27.9 Å². The molecule has 9 nitrogen and oxygen atoms in total. The first-order valence-electron chi connectivity index (χ1n) is 23.6. The summed E-state index contributed by atoms with van der Waals surface area (Å²) in [4.78, 5) is 34.0. The summed E-state index contributed by atoms with van der Waals surface area (Å²) in [5.41, 5.74) is 0. The average molecular weight is 838 g/mol. The molecule has 3 N–H and O–H groups in total. The van der Waals surface area contributed by atoms with E-state index in [0.717, 1.165) is 64.2 Å². The van der Waals surface area contributed by atoms with E-state index in [1.54, 1.807) is 0 Å². The number of nitrogens with one attached hydrogen (secondary N) is 1. The molecule has 10 heteroatoms. The van der Waals surface area contributed by atoms with Crippen LogP contribution in [0.4, 0.5) is 0 Å². The summed E-state index contributed by atoms with van der Waals surface area (Å²) >= 11 is 0. The lowest BCUT2D eigenvalue weighted by Gasteiger charge is -2.15. The number of carbonyl (C=O) groups excluding carboxylic acids is 2. The summed E-state index contributed by atoms with van der Waals surface area (Å²) in [6, 6.07) is 0. The first-order valence-corrected chi connectivity index (χ1v) is 25.1. The van der Waals surface area contributed by atoms with Crippen molar-refractivity contribution in [2.75, 3.05) is 26.4 Å². The van der Waals surface area contributed by atoms with Crippen molar-refractivity contribution in [1.82, 2.24) is 5.32 Å². The zero-order chi connectivity index (χ0) is 42.5. The van der Waals surface area contributed by atoms with Gasteiger partial charge in [0.15, 0.2) is 0 Å². The van der Waals surface area contributed by atoms with Crippen LogP contribution in [-0.4, -0.2) is 54.3 Å². The molecule has 1 amide bonds. The van der Waals surface area contributed by atoms with Crippen LogP contribution in [0.3, 0.4) is 0 Å². The van der Waals surface area contributed by atoms with Gasteiger partial charge in [-0.05, 0) is 77.0 Å². The number of amides is 1. The SMILES string of the molecule is CCCCC/C=C\C/C=C\C/C=C\CCCCCCCCC(=O)OCC(O)COP(=O)(O)OCCNC(=O)CCCCCCCCC/C=C\CCCCCCCCC. The summed E-state index contributed by atoms with van der Waals surface area (Å²) in [6.07, 6.45) is 51.8. The molecule has 2 unspecified atom stereocenters. The number of allylic oxidation sites excluding steroid dienone is 8. The number of aliphatic hydroxyl groups is 1. The van der Waals surface area contributed by atoms with E-state index >= 15 is 0 Å². The normalized spacial score (nSPS) is 13.7. The summed E-state index contributed by atoms with van der Waals surface area (Å²) < 4.78 is 26.9. The van der Waals surface area contributed by atoms with Gasteiger partial charge in [-0.2, -0.15) is 0 Å². The Balaban J connectivity index is 3.61. The number of ether oxygens (including phenoxy) is 1. The van der Waals surface area contributed by atoms with E-state index in [1.807, 2.05) is 0 Å². The maximum atomic E-state index is 12.1. The van der Waals surface area contributed by atoms with Gasteiger partial charge in [-0.25, -0.2) is 4.57 Å². The van der Waals surface area contributed by atoms with Gasteiger partial charge in [0.25, 0.3) is 0 Å². The first kappa shape index (κ1) is 56.0. The molecule has 0 fully saturated rings. The molecule has 0 aliphatic carbocycles. The number of aliphatic hydroxyl groups excluding tert-OH is 1. The fourth-order valence-electron chi connectivity index (χ4n) is 6.38. The first-order chi connectivity index (χ1) is 28.3. The molecule has 2 atom stereocenters. The van der Waals surface area contributed by atoms with Gasteiger partial charge in [0.1, 0.15) is 12.7 Å². The van der Waals surface area contributed by atoms with Crippen molar-refractivity contribution in [2.24, 2.45) is 0 Å². The third kappa shape index (κ3) is 45.1. The smallest absolute Gasteiger partial charge is 0.463 e.